The summed E-state index contributed by atoms with van der Waals surface area (Å²) in [5.74, 6) is 0.291. The van der Waals surface area contributed by atoms with Gasteiger partial charge in [-0.1, -0.05) is 6.07 Å². The highest BCUT2D eigenvalue weighted by Gasteiger charge is 2.27. The lowest BCUT2D eigenvalue weighted by Gasteiger charge is -2.32. The maximum Gasteiger partial charge on any atom is 0.273 e. The van der Waals surface area contributed by atoms with E-state index in [-0.39, 0.29) is 11.6 Å². The lowest BCUT2D eigenvalue weighted by Crippen LogP contribution is -2.38. The highest BCUT2D eigenvalue weighted by atomic mass is 16.6. The summed E-state index contributed by atoms with van der Waals surface area (Å²) in [6, 6.07) is 4.68. The van der Waals surface area contributed by atoms with E-state index in [0.29, 0.717) is 30.1 Å². The fraction of sp³-hybridized carbons (Fsp3) is 0.444. The lowest BCUT2D eigenvalue weighted by molar-refractivity contribution is -0.385. The van der Waals surface area contributed by atoms with Crippen LogP contribution in [0.25, 0.3) is 0 Å². The van der Waals surface area contributed by atoms with Crippen LogP contribution in [0.15, 0.2) is 30.6 Å². The number of hydrogen-bond acceptors (Lipinski definition) is 4. The van der Waals surface area contributed by atoms with Crippen LogP contribution in [0.1, 0.15) is 47.2 Å². The molecule has 25 heavy (non-hydrogen) atoms. The molecule has 7 nitrogen and oxygen atoms in total. The fourth-order valence-corrected chi connectivity index (χ4v) is 3.40. The molecule has 0 spiro atoms. The molecule has 1 fully saturated rings. The van der Waals surface area contributed by atoms with Gasteiger partial charge < -0.3 is 4.90 Å². The number of benzene rings is 1. The van der Waals surface area contributed by atoms with Gasteiger partial charge in [0.1, 0.15) is 0 Å². The molecule has 0 bridgehead atoms. The Balaban J connectivity index is 1.69. The molecule has 0 atom stereocenters. The Morgan fingerprint density at radius 2 is 2.08 bits per heavy atom. The van der Waals surface area contributed by atoms with Gasteiger partial charge in [0.25, 0.3) is 11.6 Å². The van der Waals surface area contributed by atoms with Gasteiger partial charge in [-0.05, 0) is 44.2 Å². The van der Waals surface area contributed by atoms with Crippen molar-refractivity contribution in [3.63, 3.8) is 0 Å². The minimum absolute atomic E-state index is 0.00674. The Kier molecular flexibility index (Phi) is 4.83. The smallest absolute Gasteiger partial charge is 0.273 e. The van der Waals surface area contributed by atoms with Crippen LogP contribution in [-0.4, -0.2) is 38.6 Å². The normalized spacial score (nSPS) is 15.4. The van der Waals surface area contributed by atoms with E-state index < -0.39 is 4.92 Å². The second kappa shape index (κ2) is 7.04. The molecule has 0 N–H and O–H groups in total. The molecule has 1 aromatic carbocycles. The van der Waals surface area contributed by atoms with Gasteiger partial charge in [0.2, 0.25) is 0 Å². The Morgan fingerprint density at radius 3 is 2.68 bits per heavy atom. The van der Waals surface area contributed by atoms with Crippen molar-refractivity contribution in [1.82, 2.24) is 14.7 Å². The van der Waals surface area contributed by atoms with Gasteiger partial charge in [-0.3, -0.25) is 19.6 Å². The van der Waals surface area contributed by atoms with Crippen molar-refractivity contribution in [1.29, 1.82) is 0 Å². The van der Waals surface area contributed by atoms with E-state index in [4.69, 9.17) is 0 Å². The summed E-state index contributed by atoms with van der Waals surface area (Å²) in [6.07, 6.45) is 5.76. The number of nitrogens with zero attached hydrogens (tertiary/aromatic N) is 4. The number of aryl methyl sites for hydroxylation is 1. The molecule has 0 unspecified atom stereocenters. The largest absolute Gasteiger partial charge is 0.339 e. The molecular formula is C18H22N4O3. The number of rotatable bonds is 4. The first-order valence-corrected chi connectivity index (χ1v) is 8.57. The monoisotopic (exact) mass is 342 g/mol. The second-order valence-corrected chi connectivity index (χ2v) is 6.40. The Labute approximate surface area is 146 Å². The van der Waals surface area contributed by atoms with E-state index in [1.165, 1.54) is 11.6 Å². The maximum atomic E-state index is 12.8. The zero-order valence-corrected chi connectivity index (χ0v) is 14.5. The van der Waals surface area contributed by atoms with Crippen LogP contribution in [0.5, 0.6) is 0 Å². The third-order valence-corrected chi connectivity index (χ3v) is 4.96. The molecule has 132 valence electrons. The van der Waals surface area contributed by atoms with Crippen molar-refractivity contribution in [3.8, 4) is 0 Å². The number of nitro benzene ring substituents is 1. The Bertz CT molecular complexity index is 791. The predicted octanol–water partition coefficient (Wildman–Crippen LogP) is 3.14. The quantitative estimate of drug-likeness (QED) is 0.631. The van der Waals surface area contributed by atoms with Gasteiger partial charge in [-0.2, -0.15) is 5.10 Å². The van der Waals surface area contributed by atoms with Gasteiger partial charge in [0.05, 0.1) is 11.1 Å². The van der Waals surface area contributed by atoms with E-state index in [1.54, 1.807) is 24.0 Å². The van der Waals surface area contributed by atoms with E-state index in [1.807, 2.05) is 10.9 Å². The SMILES string of the molecule is CCn1cc(C2CCN(C(=O)c3cccc([N+](=O)[O-])c3C)CC2)cn1. The summed E-state index contributed by atoms with van der Waals surface area (Å²) < 4.78 is 1.92. The number of hydrogen-bond donors (Lipinski definition) is 0. The van der Waals surface area contributed by atoms with Crippen LogP contribution < -0.4 is 0 Å². The highest BCUT2D eigenvalue weighted by Crippen LogP contribution is 2.29. The molecule has 7 heteroatoms. The summed E-state index contributed by atoms with van der Waals surface area (Å²) in [4.78, 5) is 25.2. The number of carbonyl (C=O) groups is 1. The number of piperidine rings is 1. The minimum Gasteiger partial charge on any atom is -0.339 e. The number of carbonyl (C=O) groups excluding carboxylic acids is 1. The standard InChI is InChI=1S/C18H22N4O3/c1-3-21-12-15(11-19-21)14-7-9-20(10-8-14)18(23)16-5-4-6-17(13(16)2)22(24)25/h4-6,11-12,14H,3,7-10H2,1-2H3. The zero-order chi connectivity index (χ0) is 18.0. The molecule has 0 saturated carbocycles. The molecule has 1 amide bonds. The molecule has 1 aliphatic heterocycles. The Hall–Kier alpha value is -2.70. The summed E-state index contributed by atoms with van der Waals surface area (Å²) >= 11 is 0. The van der Waals surface area contributed by atoms with E-state index in [9.17, 15) is 14.9 Å². The number of likely N-dealkylation sites (tertiary alicyclic amines) is 1. The predicted molar refractivity (Wildman–Crippen MR) is 93.6 cm³/mol. The molecule has 0 aliphatic carbocycles. The highest BCUT2D eigenvalue weighted by molar-refractivity contribution is 5.96. The van der Waals surface area contributed by atoms with Crippen LogP contribution in [0, 0.1) is 17.0 Å². The van der Waals surface area contributed by atoms with Crippen molar-refractivity contribution in [2.75, 3.05) is 13.1 Å². The molecule has 1 aliphatic rings. The third kappa shape index (κ3) is 3.40. The zero-order valence-electron chi connectivity index (χ0n) is 14.5. The summed E-state index contributed by atoms with van der Waals surface area (Å²) in [6.45, 7) is 5.85. The van der Waals surface area contributed by atoms with Crippen molar-refractivity contribution in [2.24, 2.45) is 0 Å². The van der Waals surface area contributed by atoms with Crippen molar-refractivity contribution in [3.05, 3.63) is 57.4 Å². The average molecular weight is 342 g/mol. The summed E-state index contributed by atoms with van der Waals surface area (Å²) in [5, 5.41) is 15.4. The van der Waals surface area contributed by atoms with Crippen LogP contribution in [-0.2, 0) is 6.54 Å². The first-order chi connectivity index (χ1) is 12.0. The molecule has 3 rings (SSSR count). The van der Waals surface area contributed by atoms with Gasteiger partial charge >= 0.3 is 0 Å². The number of nitro groups is 1. The van der Waals surface area contributed by atoms with Gasteiger partial charge in [-0.15, -0.1) is 0 Å². The van der Waals surface area contributed by atoms with Crippen LogP contribution in [0.3, 0.4) is 0 Å². The topological polar surface area (TPSA) is 81.3 Å². The minimum atomic E-state index is -0.441. The number of aromatic nitrogens is 2. The molecule has 2 heterocycles. The first kappa shape index (κ1) is 17.1. The molecule has 0 radical (unpaired) electrons. The maximum absolute atomic E-state index is 12.8. The molecular weight excluding hydrogens is 320 g/mol. The summed E-state index contributed by atoms with van der Waals surface area (Å²) in [7, 11) is 0. The van der Waals surface area contributed by atoms with Crippen molar-refractivity contribution < 1.29 is 9.72 Å². The van der Waals surface area contributed by atoms with Crippen molar-refractivity contribution in [2.45, 2.75) is 39.2 Å². The van der Waals surface area contributed by atoms with E-state index in [0.717, 1.165) is 19.4 Å². The van der Waals surface area contributed by atoms with Gasteiger partial charge in [0, 0.05) is 43.0 Å². The molecule has 1 aromatic heterocycles. The average Bonchev–Trinajstić information content (AvgIpc) is 3.10. The lowest BCUT2D eigenvalue weighted by atomic mass is 9.91. The summed E-state index contributed by atoms with van der Waals surface area (Å²) in [5.41, 5.74) is 2.07. The number of amides is 1. The molecule has 1 saturated heterocycles. The van der Waals surface area contributed by atoms with Gasteiger partial charge in [0.15, 0.2) is 0 Å². The first-order valence-electron chi connectivity index (χ1n) is 8.57. The fourth-order valence-electron chi connectivity index (χ4n) is 3.40. The third-order valence-electron chi connectivity index (χ3n) is 4.96. The Morgan fingerprint density at radius 1 is 1.36 bits per heavy atom. The van der Waals surface area contributed by atoms with E-state index in [2.05, 4.69) is 18.2 Å². The van der Waals surface area contributed by atoms with Crippen LogP contribution >= 0.6 is 0 Å². The van der Waals surface area contributed by atoms with Crippen molar-refractivity contribution >= 4 is 11.6 Å². The second-order valence-electron chi connectivity index (χ2n) is 6.40. The van der Waals surface area contributed by atoms with Crippen LogP contribution in [0.4, 0.5) is 5.69 Å². The van der Waals surface area contributed by atoms with E-state index >= 15 is 0 Å². The van der Waals surface area contributed by atoms with Gasteiger partial charge in [-0.25, -0.2) is 0 Å². The van der Waals surface area contributed by atoms with Crippen LogP contribution in [0.2, 0.25) is 0 Å². The molecule has 2 aromatic rings.